The minimum atomic E-state index is -1.19. The summed E-state index contributed by atoms with van der Waals surface area (Å²) < 4.78 is 28.3. The van der Waals surface area contributed by atoms with E-state index in [0.29, 0.717) is 11.4 Å². The molecule has 3 rings (SSSR count). The van der Waals surface area contributed by atoms with Crippen molar-refractivity contribution in [3.8, 4) is 0 Å². The standard InChI is InChI=1S/C18H16F2N2O2/c19-13-6-7-14(15(20)10-13)16(23)11-22-9-8-21-18(22)17(24)12-4-2-1-3-5-12/h1-10,16-17,23-24H,11H2/t16-,17-/m1/s1. The van der Waals surface area contributed by atoms with Gasteiger partial charge >= 0.3 is 0 Å². The Morgan fingerprint density at radius 3 is 2.50 bits per heavy atom. The minimum Gasteiger partial charge on any atom is -0.386 e. The van der Waals surface area contributed by atoms with Crippen LogP contribution in [0.15, 0.2) is 60.9 Å². The van der Waals surface area contributed by atoms with Crippen molar-refractivity contribution in [3.05, 3.63) is 89.5 Å². The van der Waals surface area contributed by atoms with Crippen molar-refractivity contribution in [1.29, 1.82) is 0 Å². The summed E-state index contributed by atoms with van der Waals surface area (Å²) in [5.74, 6) is -1.18. The maximum atomic E-state index is 13.8. The van der Waals surface area contributed by atoms with Crippen molar-refractivity contribution < 1.29 is 19.0 Å². The van der Waals surface area contributed by atoms with E-state index in [0.717, 1.165) is 12.1 Å². The Labute approximate surface area is 137 Å². The number of hydrogen-bond acceptors (Lipinski definition) is 3. The van der Waals surface area contributed by atoms with Crippen LogP contribution in [0.5, 0.6) is 0 Å². The van der Waals surface area contributed by atoms with E-state index in [2.05, 4.69) is 4.98 Å². The summed E-state index contributed by atoms with van der Waals surface area (Å²) in [7, 11) is 0. The Morgan fingerprint density at radius 1 is 1.04 bits per heavy atom. The van der Waals surface area contributed by atoms with Crippen LogP contribution in [0.25, 0.3) is 0 Å². The monoisotopic (exact) mass is 330 g/mol. The topological polar surface area (TPSA) is 58.3 Å². The molecule has 0 fully saturated rings. The van der Waals surface area contributed by atoms with Gasteiger partial charge in [-0.15, -0.1) is 0 Å². The Hall–Kier alpha value is -2.57. The number of benzene rings is 2. The molecule has 0 saturated carbocycles. The van der Waals surface area contributed by atoms with E-state index in [1.165, 1.54) is 12.3 Å². The summed E-state index contributed by atoms with van der Waals surface area (Å²) in [6.07, 6.45) is 0.925. The van der Waals surface area contributed by atoms with Gasteiger partial charge in [-0.05, 0) is 11.6 Å². The molecule has 6 heteroatoms. The molecule has 24 heavy (non-hydrogen) atoms. The molecule has 0 bridgehead atoms. The molecule has 3 aromatic rings. The highest BCUT2D eigenvalue weighted by atomic mass is 19.1. The molecule has 124 valence electrons. The average molecular weight is 330 g/mol. The normalized spacial score (nSPS) is 13.7. The highest BCUT2D eigenvalue weighted by molar-refractivity contribution is 5.24. The van der Waals surface area contributed by atoms with Gasteiger partial charge in [-0.1, -0.05) is 36.4 Å². The maximum absolute atomic E-state index is 13.8. The number of nitrogens with zero attached hydrogens (tertiary/aromatic N) is 2. The predicted octanol–water partition coefficient (Wildman–Crippen LogP) is 2.98. The lowest BCUT2D eigenvalue weighted by molar-refractivity contribution is 0.143. The van der Waals surface area contributed by atoms with Crippen molar-refractivity contribution in [2.45, 2.75) is 18.8 Å². The Kier molecular flexibility index (Phi) is 4.69. The third-order valence-corrected chi connectivity index (χ3v) is 3.80. The maximum Gasteiger partial charge on any atom is 0.142 e. The van der Waals surface area contributed by atoms with E-state index in [-0.39, 0.29) is 12.1 Å². The molecule has 1 aromatic heterocycles. The quantitative estimate of drug-likeness (QED) is 0.756. The van der Waals surface area contributed by atoms with Crippen LogP contribution < -0.4 is 0 Å². The Bertz CT molecular complexity index is 821. The second kappa shape index (κ2) is 6.90. The van der Waals surface area contributed by atoms with Gasteiger partial charge in [-0.3, -0.25) is 0 Å². The summed E-state index contributed by atoms with van der Waals surface area (Å²) >= 11 is 0. The zero-order valence-electron chi connectivity index (χ0n) is 12.7. The number of rotatable bonds is 5. The van der Waals surface area contributed by atoms with E-state index < -0.39 is 23.8 Å². The molecule has 0 unspecified atom stereocenters. The van der Waals surface area contributed by atoms with Crippen LogP contribution in [0, 0.1) is 11.6 Å². The van der Waals surface area contributed by atoms with Gasteiger partial charge in [0.1, 0.15) is 23.6 Å². The number of aliphatic hydroxyl groups is 2. The molecule has 1 heterocycles. The van der Waals surface area contributed by atoms with E-state index >= 15 is 0 Å². The van der Waals surface area contributed by atoms with Gasteiger partial charge < -0.3 is 14.8 Å². The van der Waals surface area contributed by atoms with Crippen LogP contribution in [-0.2, 0) is 6.54 Å². The Morgan fingerprint density at radius 2 is 1.79 bits per heavy atom. The molecule has 2 N–H and O–H groups in total. The largest absolute Gasteiger partial charge is 0.386 e. The van der Waals surface area contributed by atoms with E-state index in [1.807, 2.05) is 6.07 Å². The van der Waals surface area contributed by atoms with E-state index in [4.69, 9.17) is 0 Å². The first kappa shape index (κ1) is 16.3. The first-order valence-corrected chi connectivity index (χ1v) is 7.43. The summed E-state index contributed by atoms with van der Waals surface area (Å²) in [4.78, 5) is 4.12. The van der Waals surface area contributed by atoms with Crippen LogP contribution in [0.2, 0.25) is 0 Å². The number of halogens is 2. The van der Waals surface area contributed by atoms with Gasteiger partial charge in [0.2, 0.25) is 0 Å². The molecule has 0 aliphatic rings. The van der Waals surface area contributed by atoms with Gasteiger partial charge in [-0.2, -0.15) is 0 Å². The second-order valence-electron chi connectivity index (χ2n) is 5.43. The molecule has 0 aliphatic heterocycles. The summed E-state index contributed by atoms with van der Waals surface area (Å²) in [5.41, 5.74) is 0.651. The number of imidazole rings is 1. The molecular weight excluding hydrogens is 314 g/mol. The molecule has 0 spiro atoms. The lowest BCUT2D eigenvalue weighted by Gasteiger charge is -2.17. The fraction of sp³-hybridized carbons (Fsp3) is 0.167. The fourth-order valence-electron chi connectivity index (χ4n) is 2.56. The van der Waals surface area contributed by atoms with Crippen LogP contribution in [-0.4, -0.2) is 19.8 Å². The van der Waals surface area contributed by atoms with Crippen molar-refractivity contribution in [2.24, 2.45) is 0 Å². The average Bonchev–Trinajstić information content (AvgIpc) is 3.03. The third kappa shape index (κ3) is 3.34. The second-order valence-corrected chi connectivity index (χ2v) is 5.43. The molecule has 0 aliphatic carbocycles. The van der Waals surface area contributed by atoms with Crippen molar-refractivity contribution in [3.63, 3.8) is 0 Å². The third-order valence-electron chi connectivity index (χ3n) is 3.80. The number of hydrogen-bond donors (Lipinski definition) is 2. The lowest BCUT2D eigenvalue weighted by atomic mass is 10.1. The van der Waals surface area contributed by atoms with Gasteiger partial charge in [0, 0.05) is 24.0 Å². The fourth-order valence-corrected chi connectivity index (χ4v) is 2.56. The zero-order valence-corrected chi connectivity index (χ0v) is 12.7. The lowest BCUT2D eigenvalue weighted by Crippen LogP contribution is -2.15. The van der Waals surface area contributed by atoms with Crippen molar-refractivity contribution in [2.75, 3.05) is 0 Å². The molecule has 0 radical (unpaired) electrons. The molecule has 0 saturated heterocycles. The van der Waals surface area contributed by atoms with Gasteiger partial charge in [0.05, 0.1) is 12.6 Å². The minimum absolute atomic E-state index is 0.00903. The molecule has 2 aromatic carbocycles. The summed E-state index contributed by atoms with van der Waals surface area (Å²) in [6.45, 7) is -0.0121. The van der Waals surface area contributed by atoms with Crippen LogP contribution >= 0.6 is 0 Å². The number of aromatic nitrogens is 2. The predicted molar refractivity (Wildman–Crippen MR) is 84.0 cm³/mol. The first-order chi connectivity index (χ1) is 11.6. The number of aliphatic hydroxyl groups excluding tert-OH is 2. The smallest absolute Gasteiger partial charge is 0.142 e. The molecule has 2 atom stereocenters. The van der Waals surface area contributed by atoms with E-state index in [9.17, 15) is 19.0 Å². The highest BCUT2D eigenvalue weighted by Crippen LogP contribution is 2.24. The van der Waals surface area contributed by atoms with Gasteiger partial charge in [0.25, 0.3) is 0 Å². The van der Waals surface area contributed by atoms with Crippen molar-refractivity contribution >= 4 is 0 Å². The van der Waals surface area contributed by atoms with Gasteiger partial charge in [-0.25, -0.2) is 13.8 Å². The summed E-state index contributed by atoms with van der Waals surface area (Å²) in [6, 6.07) is 12.0. The summed E-state index contributed by atoms with van der Waals surface area (Å²) in [5, 5.41) is 20.7. The molecular formula is C18H16F2N2O2. The molecule has 0 amide bonds. The van der Waals surface area contributed by atoms with Crippen molar-refractivity contribution in [1.82, 2.24) is 9.55 Å². The zero-order chi connectivity index (χ0) is 17.1. The van der Waals surface area contributed by atoms with Crippen LogP contribution in [0.4, 0.5) is 8.78 Å². The SMILES string of the molecule is O[C@H](c1ccccc1)c1nccn1C[C@@H](O)c1ccc(F)cc1F. The van der Waals surface area contributed by atoms with Crippen LogP contribution in [0.1, 0.15) is 29.2 Å². The first-order valence-electron chi connectivity index (χ1n) is 7.43. The van der Waals surface area contributed by atoms with E-state index in [1.54, 1.807) is 35.0 Å². The Balaban J connectivity index is 1.83. The highest BCUT2D eigenvalue weighted by Gasteiger charge is 2.20. The molecule has 4 nitrogen and oxygen atoms in total. The van der Waals surface area contributed by atoms with Gasteiger partial charge in [0.15, 0.2) is 0 Å². The van der Waals surface area contributed by atoms with Crippen LogP contribution in [0.3, 0.4) is 0 Å².